The molecule has 2 aliphatic rings. The van der Waals surface area contributed by atoms with E-state index in [1.165, 1.54) is 116 Å². The van der Waals surface area contributed by atoms with Crippen LogP contribution in [-0.2, 0) is 33.2 Å². The van der Waals surface area contributed by atoms with Crippen molar-refractivity contribution in [3.05, 3.63) is 72.9 Å². The van der Waals surface area contributed by atoms with Crippen LogP contribution in [0.5, 0.6) is 0 Å². The SMILES string of the molecule is CC/C=C\C/C=C\C/C=C\C/C=C\C/C=C\CCCCCCCCOCC(COC1OC(COC2OC(CO)C(O)C(O)C2O)C(O)C(O)C1O)OC(=O)CCCCCCCCCCCCC/C=C\CCCCCCCCCC. The highest BCUT2D eigenvalue weighted by Crippen LogP contribution is 2.27. The molecule has 79 heavy (non-hydrogen) atoms. The second-order valence-electron chi connectivity index (χ2n) is 21.8. The minimum Gasteiger partial charge on any atom is -0.457 e. The van der Waals surface area contributed by atoms with Crippen LogP contribution in [0.1, 0.15) is 232 Å². The Morgan fingerprint density at radius 2 is 0.823 bits per heavy atom. The largest absolute Gasteiger partial charge is 0.457 e. The third-order valence-electron chi connectivity index (χ3n) is 14.7. The highest BCUT2D eigenvalue weighted by Gasteiger charge is 2.47. The molecule has 0 aliphatic carbocycles. The van der Waals surface area contributed by atoms with E-state index < -0.39 is 80.7 Å². The smallest absolute Gasteiger partial charge is 0.306 e. The number of aliphatic hydroxyl groups is 7. The number of rotatable bonds is 51. The third-order valence-corrected chi connectivity index (χ3v) is 14.7. The Hall–Kier alpha value is -2.57. The highest BCUT2D eigenvalue weighted by atomic mass is 16.7. The lowest BCUT2D eigenvalue weighted by molar-refractivity contribution is -0.332. The number of unbranched alkanes of at least 4 members (excludes halogenated alkanes) is 25. The molecule has 2 aliphatic heterocycles. The normalized spacial score (nSPS) is 24.5. The lowest BCUT2D eigenvalue weighted by Gasteiger charge is -2.42. The molecule has 2 heterocycles. The number of aliphatic hydroxyl groups excluding tert-OH is 7. The molecule has 11 atom stereocenters. The fraction of sp³-hybridized carbons (Fsp3) is 0.800. The fourth-order valence-corrected chi connectivity index (χ4v) is 9.66. The highest BCUT2D eigenvalue weighted by molar-refractivity contribution is 5.69. The fourth-order valence-electron chi connectivity index (χ4n) is 9.66. The molecule has 2 fully saturated rings. The average Bonchev–Trinajstić information content (AvgIpc) is 3.46. The maximum atomic E-state index is 13.1. The van der Waals surface area contributed by atoms with Gasteiger partial charge in [0.25, 0.3) is 0 Å². The number of allylic oxidation sites excluding steroid dienone is 12. The van der Waals surface area contributed by atoms with Crippen LogP contribution in [0.2, 0.25) is 0 Å². The van der Waals surface area contributed by atoms with Crippen molar-refractivity contribution in [1.82, 2.24) is 0 Å². The minimum atomic E-state index is -1.71. The van der Waals surface area contributed by atoms with Crippen LogP contribution in [0.15, 0.2) is 72.9 Å². The number of esters is 1. The van der Waals surface area contributed by atoms with Crippen molar-refractivity contribution in [3.8, 4) is 0 Å². The van der Waals surface area contributed by atoms with Crippen molar-refractivity contribution in [2.24, 2.45) is 0 Å². The van der Waals surface area contributed by atoms with Crippen LogP contribution in [0.4, 0.5) is 0 Å². The van der Waals surface area contributed by atoms with E-state index in [1.54, 1.807) is 0 Å². The first-order valence-electron chi connectivity index (χ1n) is 31.5. The van der Waals surface area contributed by atoms with Gasteiger partial charge in [-0.1, -0.05) is 215 Å². The zero-order chi connectivity index (χ0) is 57.2. The molecule has 0 amide bonds. The average molecular weight is 1120 g/mol. The van der Waals surface area contributed by atoms with Gasteiger partial charge in [0.1, 0.15) is 54.9 Å². The van der Waals surface area contributed by atoms with Gasteiger partial charge in [-0.3, -0.25) is 4.79 Å². The van der Waals surface area contributed by atoms with Gasteiger partial charge in [0.05, 0.1) is 26.4 Å². The molecule has 2 rings (SSSR count). The third kappa shape index (κ3) is 37.3. The van der Waals surface area contributed by atoms with E-state index in [0.29, 0.717) is 13.0 Å². The molecule has 11 unspecified atom stereocenters. The topological polar surface area (TPSA) is 214 Å². The Kier molecular flexibility index (Phi) is 46.9. The van der Waals surface area contributed by atoms with Crippen LogP contribution in [0.3, 0.4) is 0 Å². The van der Waals surface area contributed by atoms with E-state index in [0.717, 1.165) is 89.9 Å². The second kappa shape index (κ2) is 51.1. The van der Waals surface area contributed by atoms with Crippen LogP contribution >= 0.6 is 0 Å². The number of hydrogen-bond acceptors (Lipinski definition) is 14. The van der Waals surface area contributed by atoms with Crippen molar-refractivity contribution in [3.63, 3.8) is 0 Å². The van der Waals surface area contributed by atoms with Crippen LogP contribution in [-0.4, -0.2) is 142 Å². The van der Waals surface area contributed by atoms with Crippen molar-refractivity contribution < 1.29 is 69.0 Å². The van der Waals surface area contributed by atoms with Crippen LogP contribution in [0.25, 0.3) is 0 Å². The molecule has 0 radical (unpaired) electrons. The summed E-state index contributed by atoms with van der Waals surface area (Å²) in [7, 11) is 0. The van der Waals surface area contributed by atoms with Gasteiger partial charge < -0.3 is 64.2 Å². The van der Waals surface area contributed by atoms with Gasteiger partial charge in [-0.2, -0.15) is 0 Å². The van der Waals surface area contributed by atoms with Gasteiger partial charge in [-0.15, -0.1) is 0 Å². The van der Waals surface area contributed by atoms with Gasteiger partial charge in [-0.25, -0.2) is 0 Å². The minimum absolute atomic E-state index is 0.0487. The van der Waals surface area contributed by atoms with Crippen molar-refractivity contribution >= 4 is 5.97 Å². The molecule has 2 saturated heterocycles. The monoisotopic (exact) mass is 1120 g/mol. The van der Waals surface area contributed by atoms with E-state index in [4.69, 9.17) is 28.4 Å². The number of hydrogen-bond donors (Lipinski definition) is 7. The summed E-state index contributed by atoms with van der Waals surface area (Å²) < 4.78 is 34.5. The van der Waals surface area contributed by atoms with Crippen LogP contribution < -0.4 is 0 Å². The first-order chi connectivity index (χ1) is 38.6. The molecule has 0 bridgehead atoms. The quantitative estimate of drug-likeness (QED) is 0.0172. The number of carbonyl (C=O) groups is 1. The van der Waals surface area contributed by atoms with Crippen molar-refractivity contribution in [2.45, 2.75) is 300 Å². The first kappa shape index (κ1) is 72.5. The summed E-state index contributed by atoms with van der Waals surface area (Å²) in [6.07, 6.45) is 49.6. The molecule has 0 aromatic rings. The molecule has 0 aromatic carbocycles. The van der Waals surface area contributed by atoms with E-state index in [-0.39, 0.29) is 25.6 Å². The molecule has 0 aromatic heterocycles. The molecular formula is C65H114O14. The van der Waals surface area contributed by atoms with E-state index >= 15 is 0 Å². The van der Waals surface area contributed by atoms with E-state index in [1.807, 2.05) is 0 Å². The second-order valence-corrected chi connectivity index (χ2v) is 21.8. The predicted octanol–water partition coefficient (Wildman–Crippen LogP) is 12.2. The maximum absolute atomic E-state index is 13.1. The molecule has 14 nitrogen and oxygen atoms in total. The summed E-state index contributed by atoms with van der Waals surface area (Å²) in [5, 5.41) is 72.5. The van der Waals surface area contributed by atoms with E-state index in [9.17, 15) is 40.5 Å². The summed E-state index contributed by atoms with van der Waals surface area (Å²) in [6, 6.07) is 0. The lowest BCUT2D eigenvalue weighted by Crippen LogP contribution is -2.61. The Bertz CT molecular complexity index is 1580. The summed E-state index contributed by atoms with van der Waals surface area (Å²) in [5.74, 6) is -0.382. The Labute approximate surface area is 478 Å². The predicted molar refractivity (Wildman–Crippen MR) is 316 cm³/mol. The molecule has 458 valence electrons. The van der Waals surface area contributed by atoms with Gasteiger partial charge in [0.2, 0.25) is 0 Å². The van der Waals surface area contributed by atoms with Gasteiger partial charge >= 0.3 is 5.97 Å². The molecule has 0 spiro atoms. The summed E-state index contributed by atoms with van der Waals surface area (Å²) in [4.78, 5) is 13.1. The maximum Gasteiger partial charge on any atom is 0.306 e. The van der Waals surface area contributed by atoms with Crippen molar-refractivity contribution in [1.29, 1.82) is 0 Å². The van der Waals surface area contributed by atoms with Gasteiger partial charge in [-0.05, 0) is 83.5 Å². The summed E-state index contributed by atoms with van der Waals surface area (Å²) in [6.45, 7) is 3.56. The molecular weight excluding hydrogens is 1000 g/mol. The summed E-state index contributed by atoms with van der Waals surface area (Å²) >= 11 is 0. The standard InChI is InChI=1S/C65H114O14/c1-3-5-7-9-11-13-15-17-19-21-23-25-27-28-30-32-34-36-38-40-42-44-46-48-57(67)77-54(51-74-49-47-45-43-41-39-37-35-33-31-29-26-24-22-20-18-16-14-12-10-8-6-4-2)52-75-64-63(73)61(71)59(69)56(79-64)53-76-65-62(72)60(70)58(68)55(50-66)78-65/h6,8,12,14,18,20-21,23-24,26,31,33,54-56,58-66,68-73H,3-5,7,9-11,13,15-17,19,22,25,27-30,32,34-53H2,1-2H3/b8-6-,14-12-,20-18-,23-21-,26-24-,33-31-. The first-order valence-corrected chi connectivity index (χ1v) is 31.5. The number of carbonyl (C=O) groups excluding carboxylic acids is 1. The van der Waals surface area contributed by atoms with E-state index in [2.05, 4.69) is 86.8 Å². The molecule has 0 saturated carbocycles. The zero-order valence-corrected chi connectivity index (χ0v) is 49.3. The molecule has 7 N–H and O–H groups in total. The number of ether oxygens (including phenoxy) is 6. The lowest BCUT2D eigenvalue weighted by atomic mass is 9.98. The van der Waals surface area contributed by atoms with Gasteiger partial charge in [0, 0.05) is 13.0 Å². The zero-order valence-electron chi connectivity index (χ0n) is 49.3. The Morgan fingerprint density at radius 3 is 1.30 bits per heavy atom. The Morgan fingerprint density at radius 1 is 0.430 bits per heavy atom. The summed E-state index contributed by atoms with van der Waals surface area (Å²) in [5.41, 5.74) is 0. The Balaban J connectivity index is 1.69. The van der Waals surface area contributed by atoms with Gasteiger partial charge in [0.15, 0.2) is 12.6 Å². The van der Waals surface area contributed by atoms with Crippen LogP contribution in [0, 0.1) is 0 Å². The molecule has 14 heteroatoms. The van der Waals surface area contributed by atoms with Crippen molar-refractivity contribution in [2.75, 3.05) is 33.0 Å².